The van der Waals surface area contributed by atoms with E-state index < -0.39 is 0 Å². The number of aryl methyl sites for hydroxylation is 1. The van der Waals surface area contributed by atoms with Crippen molar-refractivity contribution in [3.05, 3.63) is 35.1 Å². The largest absolute Gasteiger partial charge is 0.381 e. The van der Waals surface area contributed by atoms with Crippen LogP contribution in [0, 0.1) is 18.7 Å². The molecule has 0 aromatic heterocycles. The lowest BCUT2D eigenvalue weighted by molar-refractivity contribution is -0.149. The van der Waals surface area contributed by atoms with Crippen molar-refractivity contribution < 1.29 is 13.9 Å². The van der Waals surface area contributed by atoms with Crippen molar-refractivity contribution in [1.82, 2.24) is 0 Å². The Labute approximate surface area is 125 Å². The Bertz CT molecular complexity index is 494. The number of ether oxygens (including phenoxy) is 2. The summed E-state index contributed by atoms with van der Waals surface area (Å²) in [6.07, 6.45) is 3.65. The predicted octanol–water partition coefficient (Wildman–Crippen LogP) is 3.11. The molecule has 2 aliphatic rings. The lowest BCUT2D eigenvalue weighted by Gasteiger charge is -2.44. The molecule has 3 nitrogen and oxygen atoms in total. The van der Waals surface area contributed by atoms with Gasteiger partial charge in [0.25, 0.3) is 0 Å². The van der Waals surface area contributed by atoms with Crippen molar-refractivity contribution in [2.45, 2.75) is 44.2 Å². The minimum Gasteiger partial charge on any atom is -0.381 e. The van der Waals surface area contributed by atoms with Crippen molar-refractivity contribution in [2.24, 2.45) is 11.7 Å². The molecular weight excluding hydrogens is 269 g/mol. The third-order valence-electron chi connectivity index (χ3n) is 4.96. The van der Waals surface area contributed by atoms with Crippen LogP contribution in [-0.4, -0.2) is 25.4 Å². The van der Waals surface area contributed by atoms with E-state index in [4.69, 9.17) is 15.2 Å². The Morgan fingerprint density at radius 1 is 1.29 bits per heavy atom. The highest BCUT2D eigenvalue weighted by molar-refractivity contribution is 5.26. The van der Waals surface area contributed by atoms with Crippen LogP contribution >= 0.6 is 0 Å². The number of nitrogens with two attached hydrogens (primary N) is 1. The van der Waals surface area contributed by atoms with Crippen molar-refractivity contribution in [3.63, 3.8) is 0 Å². The summed E-state index contributed by atoms with van der Waals surface area (Å²) in [4.78, 5) is 0. The van der Waals surface area contributed by atoms with E-state index in [1.54, 1.807) is 6.07 Å². The Morgan fingerprint density at radius 2 is 2.05 bits per heavy atom. The van der Waals surface area contributed by atoms with Crippen LogP contribution in [0.3, 0.4) is 0 Å². The Hall–Kier alpha value is -0.970. The molecule has 21 heavy (non-hydrogen) atoms. The summed E-state index contributed by atoms with van der Waals surface area (Å²) in [5.74, 6) is 0.0871. The van der Waals surface area contributed by atoms with Crippen molar-refractivity contribution in [1.29, 1.82) is 0 Å². The van der Waals surface area contributed by atoms with Crippen LogP contribution in [-0.2, 0) is 9.47 Å². The molecule has 0 aliphatic carbocycles. The van der Waals surface area contributed by atoms with E-state index in [2.05, 4.69) is 0 Å². The van der Waals surface area contributed by atoms with Gasteiger partial charge >= 0.3 is 0 Å². The van der Waals surface area contributed by atoms with Gasteiger partial charge in [-0.05, 0) is 50.2 Å². The first-order valence-corrected chi connectivity index (χ1v) is 7.83. The Morgan fingerprint density at radius 3 is 2.76 bits per heavy atom. The molecule has 0 radical (unpaired) electrons. The third kappa shape index (κ3) is 3.12. The van der Waals surface area contributed by atoms with Gasteiger partial charge < -0.3 is 15.2 Å². The summed E-state index contributed by atoms with van der Waals surface area (Å²) in [6, 6.07) is 5.08. The second kappa shape index (κ2) is 6.03. The fourth-order valence-electron chi connectivity index (χ4n) is 3.62. The minimum absolute atomic E-state index is 0.0973. The van der Waals surface area contributed by atoms with Gasteiger partial charge in [0, 0.05) is 31.4 Å². The molecule has 2 saturated heterocycles. The number of hydrogen-bond donors (Lipinski definition) is 1. The van der Waals surface area contributed by atoms with Crippen LogP contribution in [0.2, 0.25) is 0 Å². The van der Waals surface area contributed by atoms with Gasteiger partial charge in [0.1, 0.15) is 5.82 Å². The first kappa shape index (κ1) is 14.9. The monoisotopic (exact) mass is 293 g/mol. The van der Waals surface area contributed by atoms with Gasteiger partial charge in [-0.25, -0.2) is 4.39 Å². The van der Waals surface area contributed by atoms with Crippen molar-refractivity contribution in [2.75, 3.05) is 19.8 Å². The van der Waals surface area contributed by atoms with Gasteiger partial charge in [0.05, 0.1) is 5.60 Å². The molecule has 2 N–H and O–H groups in total. The topological polar surface area (TPSA) is 44.5 Å². The molecule has 0 bridgehead atoms. The summed E-state index contributed by atoms with van der Waals surface area (Å²) >= 11 is 0. The quantitative estimate of drug-likeness (QED) is 0.911. The number of halogens is 1. The standard InChI is InChI=1S/C17H24FNO2/c1-12-2-3-14(15(18)10-12)16(19)13-4-7-21-17(11-13)5-8-20-9-6-17/h2-3,10,13,16H,4-9,11,19H2,1H3. The summed E-state index contributed by atoms with van der Waals surface area (Å²) in [5, 5.41) is 0. The van der Waals surface area contributed by atoms with Gasteiger partial charge in [-0.2, -0.15) is 0 Å². The van der Waals surface area contributed by atoms with Crippen LogP contribution < -0.4 is 5.73 Å². The molecule has 0 amide bonds. The molecule has 116 valence electrons. The zero-order valence-corrected chi connectivity index (χ0v) is 12.6. The summed E-state index contributed by atoms with van der Waals surface area (Å²) in [7, 11) is 0. The van der Waals surface area contributed by atoms with Crippen LogP contribution in [0.15, 0.2) is 18.2 Å². The lowest BCUT2D eigenvalue weighted by atomic mass is 9.76. The summed E-state index contributed by atoms with van der Waals surface area (Å²) in [6.45, 7) is 4.11. The maximum atomic E-state index is 14.2. The molecule has 2 atom stereocenters. The number of hydrogen-bond acceptors (Lipinski definition) is 3. The summed E-state index contributed by atoms with van der Waals surface area (Å²) in [5.41, 5.74) is 7.85. The third-order valence-corrected chi connectivity index (χ3v) is 4.96. The van der Waals surface area contributed by atoms with E-state index in [-0.39, 0.29) is 23.4 Å². The fourth-order valence-corrected chi connectivity index (χ4v) is 3.62. The van der Waals surface area contributed by atoms with E-state index in [1.165, 1.54) is 0 Å². The second-order valence-corrected chi connectivity index (χ2v) is 6.45. The van der Waals surface area contributed by atoms with Gasteiger partial charge in [0.2, 0.25) is 0 Å². The van der Waals surface area contributed by atoms with Crippen molar-refractivity contribution in [3.8, 4) is 0 Å². The van der Waals surface area contributed by atoms with Crippen LogP contribution in [0.4, 0.5) is 4.39 Å². The van der Waals surface area contributed by atoms with E-state index >= 15 is 0 Å². The van der Waals surface area contributed by atoms with Crippen LogP contribution in [0.1, 0.15) is 42.9 Å². The lowest BCUT2D eigenvalue weighted by Crippen LogP contribution is -2.46. The smallest absolute Gasteiger partial charge is 0.128 e. The minimum atomic E-state index is -0.255. The Balaban J connectivity index is 1.76. The van der Waals surface area contributed by atoms with Gasteiger partial charge in [-0.15, -0.1) is 0 Å². The molecule has 1 aromatic rings. The molecule has 2 unspecified atom stereocenters. The van der Waals surface area contributed by atoms with Gasteiger partial charge in [0.15, 0.2) is 0 Å². The van der Waals surface area contributed by atoms with Crippen LogP contribution in [0.25, 0.3) is 0 Å². The predicted molar refractivity (Wildman–Crippen MR) is 79.5 cm³/mol. The van der Waals surface area contributed by atoms with E-state index in [0.29, 0.717) is 12.2 Å². The van der Waals surface area contributed by atoms with E-state index in [1.807, 2.05) is 19.1 Å². The fraction of sp³-hybridized carbons (Fsp3) is 0.647. The molecular formula is C17H24FNO2. The van der Waals surface area contributed by atoms with E-state index in [9.17, 15) is 4.39 Å². The molecule has 0 saturated carbocycles. The molecule has 2 heterocycles. The zero-order chi connectivity index (χ0) is 14.9. The number of rotatable bonds is 2. The average molecular weight is 293 g/mol. The summed E-state index contributed by atoms with van der Waals surface area (Å²) < 4.78 is 25.6. The molecule has 4 heteroatoms. The first-order valence-electron chi connectivity index (χ1n) is 7.83. The highest BCUT2D eigenvalue weighted by atomic mass is 19.1. The van der Waals surface area contributed by atoms with Crippen LogP contribution in [0.5, 0.6) is 0 Å². The molecule has 2 fully saturated rings. The van der Waals surface area contributed by atoms with Gasteiger partial charge in [-0.3, -0.25) is 0 Å². The van der Waals surface area contributed by atoms with Crippen molar-refractivity contribution >= 4 is 0 Å². The number of benzene rings is 1. The zero-order valence-electron chi connectivity index (χ0n) is 12.6. The SMILES string of the molecule is Cc1ccc(C(N)C2CCOC3(CCOCC3)C2)c(F)c1. The maximum absolute atomic E-state index is 14.2. The maximum Gasteiger partial charge on any atom is 0.128 e. The molecule has 3 rings (SSSR count). The van der Waals surface area contributed by atoms with E-state index in [0.717, 1.165) is 44.5 Å². The van der Waals surface area contributed by atoms with Gasteiger partial charge in [-0.1, -0.05) is 12.1 Å². The second-order valence-electron chi connectivity index (χ2n) is 6.45. The highest BCUT2D eigenvalue weighted by Gasteiger charge is 2.41. The Kier molecular flexibility index (Phi) is 4.29. The molecule has 1 spiro atoms. The highest BCUT2D eigenvalue weighted by Crippen LogP contribution is 2.41. The average Bonchev–Trinajstić information content (AvgIpc) is 2.47. The molecule has 2 aliphatic heterocycles. The molecule has 1 aromatic carbocycles. The first-order chi connectivity index (χ1) is 10.1. The normalized spacial score (nSPS) is 26.7.